The number of H-pyrrole nitrogens is 1. The van der Waals surface area contributed by atoms with Crippen molar-refractivity contribution in [3.05, 3.63) is 36.0 Å². The third-order valence-corrected chi connectivity index (χ3v) is 4.47. The molecule has 0 aliphatic heterocycles. The minimum Gasteiger partial charge on any atom is -0.276 e. The van der Waals surface area contributed by atoms with E-state index in [9.17, 15) is 8.42 Å². The van der Waals surface area contributed by atoms with E-state index in [1.165, 1.54) is 6.20 Å². The maximum Gasteiger partial charge on any atom is 0.181 e. The van der Waals surface area contributed by atoms with Crippen LogP contribution in [0.5, 0.6) is 0 Å². The van der Waals surface area contributed by atoms with Crippen LogP contribution in [-0.4, -0.2) is 24.4 Å². The van der Waals surface area contributed by atoms with Crippen molar-refractivity contribution in [3.63, 3.8) is 0 Å². The van der Waals surface area contributed by atoms with Crippen LogP contribution in [0.2, 0.25) is 0 Å². The summed E-state index contributed by atoms with van der Waals surface area (Å²) in [6.07, 6.45) is 1.38. The van der Waals surface area contributed by atoms with Gasteiger partial charge in [0.1, 0.15) is 4.90 Å². The second kappa shape index (κ2) is 4.33. The molecule has 0 unspecified atom stereocenters. The second-order valence-electron chi connectivity index (χ2n) is 3.83. The smallest absolute Gasteiger partial charge is 0.181 e. The summed E-state index contributed by atoms with van der Waals surface area (Å²) < 4.78 is 23.8. The highest BCUT2D eigenvalue weighted by atomic mass is 32.2. The molecular formula is C12H14N2O2S. The molecule has 0 saturated heterocycles. The Morgan fingerprint density at radius 2 is 2.00 bits per heavy atom. The monoisotopic (exact) mass is 250 g/mol. The molecule has 2 aromatic rings. The number of nitrogens with zero attached hydrogens (tertiary/aromatic N) is 1. The average Bonchev–Trinajstić information content (AvgIpc) is 2.79. The van der Waals surface area contributed by atoms with Crippen molar-refractivity contribution in [3.8, 4) is 11.3 Å². The van der Waals surface area contributed by atoms with E-state index in [4.69, 9.17) is 0 Å². The quantitative estimate of drug-likeness (QED) is 0.908. The molecule has 0 saturated carbocycles. The maximum absolute atomic E-state index is 11.9. The maximum atomic E-state index is 11.9. The van der Waals surface area contributed by atoms with Crippen molar-refractivity contribution in [2.24, 2.45) is 0 Å². The van der Waals surface area contributed by atoms with Gasteiger partial charge in [-0.3, -0.25) is 5.10 Å². The lowest BCUT2D eigenvalue weighted by atomic mass is 10.1. The van der Waals surface area contributed by atoms with Crippen LogP contribution in [0.15, 0.2) is 35.4 Å². The first-order chi connectivity index (χ1) is 8.06. The fourth-order valence-corrected chi connectivity index (χ4v) is 2.70. The zero-order valence-corrected chi connectivity index (χ0v) is 10.6. The molecule has 1 heterocycles. The van der Waals surface area contributed by atoms with Crippen LogP contribution in [0.1, 0.15) is 12.5 Å². The number of hydrogen-bond donors (Lipinski definition) is 1. The summed E-state index contributed by atoms with van der Waals surface area (Å²) in [5.41, 5.74) is 2.46. The highest BCUT2D eigenvalue weighted by Crippen LogP contribution is 2.27. The molecule has 17 heavy (non-hydrogen) atoms. The number of hydrogen-bond acceptors (Lipinski definition) is 3. The molecule has 1 aromatic carbocycles. The molecule has 1 N–H and O–H groups in total. The number of benzene rings is 1. The number of aromatic amines is 1. The molecule has 0 bridgehead atoms. The highest BCUT2D eigenvalue weighted by molar-refractivity contribution is 7.91. The van der Waals surface area contributed by atoms with Gasteiger partial charge in [0.05, 0.1) is 17.6 Å². The summed E-state index contributed by atoms with van der Waals surface area (Å²) in [6, 6.07) is 7.63. The van der Waals surface area contributed by atoms with Crippen LogP contribution in [0.3, 0.4) is 0 Å². The van der Waals surface area contributed by atoms with Gasteiger partial charge in [-0.05, 0) is 12.5 Å². The fourth-order valence-electron chi connectivity index (χ4n) is 1.71. The Balaban J connectivity index is 2.64. The Labute approximate surface area is 101 Å². The molecular weight excluding hydrogens is 236 g/mol. The molecule has 0 aliphatic carbocycles. The molecule has 0 fully saturated rings. The van der Waals surface area contributed by atoms with Crippen LogP contribution in [0, 0.1) is 6.92 Å². The van der Waals surface area contributed by atoms with Crippen molar-refractivity contribution in [2.45, 2.75) is 18.7 Å². The molecule has 0 radical (unpaired) electrons. The minimum absolute atomic E-state index is 0.0748. The Kier molecular flexibility index (Phi) is 3.02. The Bertz CT molecular complexity index is 629. The van der Waals surface area contributed by atoms with Crippen LogP contribution in [-0.2, 0) is 9.84 Å². The Hall–Kier alpha value is -1.62. The molecule has 0 spiro atoms. The van der Waals surface area contributed by atoms with Gasteiger partial charge in [-0.15, -0.1) is 0 Å². The Morgan fingerprint density at radius 1 is 1.29 bits per heavy atom. The van der Waals surface area contributed by atoms with Gasteiger partial charge >= 0.3 is 0 Å². The van der Waals surface area contributed by atoms with E-state index in [2.05, 4.69) is 10.2 Å². The van der Waals surface area contributed by atoms with E-state index >= 15 is 0 Å². The number of rotatable bonds is 3. The van der Waals surface area contributed by atoms with E-state index in [-0.39, 0.29) is 10.6 Å². The lowest BCUT2D eigenvalue weighted by molar-refractivity contribution is 0.597. The zero-order chi connectivity index (χ0) is 12.5. The summed E-state index contributed by atoms with van der Waals surface area (Å²) in [4.78, 5) is 0.272. The summed E-state index contributed by atoms with van der Waals surface area (Å²) in [5.74, 6) is 0.0748. The molecule has 90 valence electrons. The van der Waals surface area contributed by atoms with E-state index in [1.807, 2.05) is 31.2 Å². The normalized spacial score (nSPS) is 11.6. The first-order valence-electron chi connectivity index (χ1n) is 5.38. The molecule has 0 aliphatic rings. The van der Waals surface area contributed by atoms with Crippen molar-refractivity contribution < 1.29 is 8.42 Å². The van der Waals surface area contributed by atoms with E-state index < -0.39 is 9.84 Å². The van der Waals surface area contributed by atoms with E-state index in [0.717, 1.165) is 11.1 Å². The standard InChI is InChI=1S/C12H14N2O2S/c1-3-17(15,16)11-8-13-14-12(11)10-7-5-4-6-9(10)2/h4-8H,3H2,1-2H3,(H,13,14). The lowest BCUT2D eigenvalue weighted by Crippen LogP contribution is -2.04. The molecule has 5 heteroatoms. The summed E-state index contributed by atoms with van der Waals surface area (Å²) in [5, 5.41) is 6.62. The predicted octanol–water partition coefficient (Wildman–Crippen LogP) is 2.18. The van der Waals surface area contributed by atoms with Gasteiger partial charge in [-0.2, -0.15) is 5.10 Å². The van der Waals surface area contributed by atoms with Crippen LogP contribution in [0.25, 0.3) is 11.3 Å². The average molecular weight is 250 g/mol. The number of sulfone groups is 1. The number of aromatic nitrogens is 2. The summed E-state index contributed by atoms with van der Waals surface area (Å²) >= 11 is 0. The Morgan fingerprint density at radius 3 is 2.65 bits per heavy atom. The zero-order valence-electron chi connectivity index (χ0n) is 9.77. The summed E-state index contributed by atoms with van der Waals surface area (Å²) in [6.45, 7) is 3.57. The summed E-state index contributed by atoms with van der Waals surface area (Å²) in [7, 11) is -3.24. The van der Waals surface area contributed by atoms with Gasteiger partial charge in [-0.1, -0.05) is 31.2 Å². The van der Waals surface area contributed by atoms with E-state index in [0.29, 0.717) is 5.69 Å². The number of nitrogens with one attached hydrogen (secondary N) is 1. The molecule has 2 rings (SSSR count). The molecule has 1 aromatic heterocycles. The van der Waals surface area contributed by atoms with Crippen LogP contribution < -0.4 is 0 Å². The third-order valence-electron chi connectivity index (χ3n) is 2.73. The van der Waals surface area contributed by atoms with Gasteiger partial charge in [0, 0.05) is 5.56 Å². The minimum atomic E-state index is -3.24. The van der Waals surface area contributed by atoms with Crippen LogP contribution in [0.4, 0.5) is 0 Å². The van der Waals surface area contributed by atoms with Crippen molar-refractivity contribution >= 4 is 9.84 Å². The first-order valence-corrected chi connectivity index (χ1v) is 7.03. The van der Waals surface area contributed by atoms with Crippen molar-refractivity contribution in [1.29, 1.82) is 0 Å². The second-order valence-corrected chi connectivity index (χ2v) is 6.07. The SMILES string of the molecule is CCS(=O)(=O)c1cn[nH]c1-c1ccccc1C. The van der Waals surface area contributed by atoms with Crippen molar-refractivity contribution in [2.75, 3.05) is 5.75 Å². The van der Waals surface area contributed by atoms with Gasteiger partial charge in [0.15, 0.2) is 9.84 Å². The number of aryl methyl sites for hydroxylation is 1. The molecule has 0 amide bonds. The first kappa shape index (κ1) is 11.9. The van der Waals surface area contributed by atoms with Gasteiger partial charge in [-0.25, -0.2) is 8.42 Å². The fraction of sp³-hybridized carbons (Fsp3) is 0.250. The highest BCUT2D eigenvalue weighted by Gasteiger charge is 2.20. The van der Waals surface area contributed by atoms with Crippen molar-refractivity contribution in [1.82, 2.24) is 10.2 Å². The lowest BCUT2D eigenvalue weighted by Gasteiger charge is -2.06. The van der Waals surface area contributed by atoms with Gasteiger partial charge in [0.25, 0.3) is 0 Å². The topological polar surface area (TPSA) is 62.8 Å². The predicted molar refractivity (Wildman–Crippen MR) is 66.5 cm³/mol. The van der Waals surface area contributed by atoms with E-state index in [1.54, 1.807) is 6.92 Å². The van der Waals surface area contributed by atoms with Crippen LogP contribution >= 0.6 is 0 Å². The third kappa shape index (κ3) is 2.10. The molecule has 4 nitrogen and oxygen atoms in total. The van der Waals surface area contributed by atoms with Gasteiger partial charge in [0.2, 0.25) is 0 Å². The largest absolute Gasteiger partial charge is 0.276 e. The van der Waals surface area contributed by atoms with Gasteiger partial charge < -0.3 is 0 Å². The molecule has 0 atom stereocenters.